The van der Waals surface area contributed by atoms with Crippen molar-refractivity contribution in [2.45, 2.75) is 23.9 Å². The van der Waals surface area contributed by atoms with Crippen molar-refractivity contribution < 1.29 is 4.74 Å². The predicted molar refractivity (Wildman–Crippen MR) is 82.4 cm³/mol. The fourth-order valence-electron chi connectivity index (χ4n) is 1.38. The molecule has 0 bridgehead atoms. The normalized spacial score (nSPS) is 10.8. The van der Waals surface area contributed by atoms with E-state index in [1.807, 2.05) is 12.1 Å². The minimum atomic E-state index is 0.422. The molecule has 2 N–H and O–H groups in total. The number of halogens is 1. The van der Waals surface area contributed by atoms with Gasteiger partial charge in [-0.1, -0.05) is 25.4 Å². The predicted octanol–water partition coefficient (Wildman–Crippen LogP) is 3.90. The number of nitrogens with two attached hydrogens (primary N) is 1. The zero-order chi connectivity index (χ0) is 14.5. The third-order valence-corrected chi connectivity index (χ3v) is 3.44. The van der Waals surface area contributed by atoms with Gasteiger partial charge in [-0.2, -0.15) is 0 Å². The van der Waals surface area contributed by atoms with E-state index in [4.69, 9.17) is 22.1 Å². The number of aromatic nitrogens is 2. The van der Waals surface area contributed by atoms with E-state index in [9.17, 15) is 0 Å². The van der Waals surface area contributed by atoms with E-state index in [-0.39, 0.29) is 0 Å². The summed E-state index contributed by atoms with van der Waals surface area (Å²) in [5, 5.41) is 2.22. The van der Waals surface area contributed by atoms with Crippen molar-refractivity contribution in [2.75, 3.05) is 12.3 Å². The number of hydrogen-bond acceptors (Lipinski definition) is 5. The van der Waals surface area contributed by atoms with Crippen LogP contribution in [0.1, 0.15) is 13.8 Å². The van der Waals surface area contributed by atoms with Gasteiger partial charge in [-0.05, 0) is 41.9 Å². The van der Waals surface area contributed by atoms with Crippen LogP contribution < -0.4 is 10.5 Å². The number of nitrogens with zero attached hydrogens (tertiary/aromatic N) is 2. The van der Waals surface area contributed by atoms with Crippen molar-refractivity contribution in [3.05, 3.63) is 35.5 Å². The van der Waals surface area contributed by atoms with Crippen LogP contribution in [0, 0.1) is 5.92 Å². The molecule has 0 spiro atoms. The lowest BCUT2D eigenvalue weighted by atomic mass is 10.2. The van der Waals surface area contributed by atoms with Crippen molar-refractivity contribution in [2.24, 2.45) is 5.92 Å². The quantitative estimate of drug-likeness (QED) is 0.907. The molecule has 2 aromatic heterocycles. The van der Waals surface area contributed by atoms with Gasteiger partial charge < -0.3 is 10.5 Å². The van der Waals surface area contributed by atoms with Crippen LogP contribution in [0.4, 0.5) is 5.69 Å². The molecule has 0 atom stereocenters. The Balaban J connectivity index is 2.12. The van der Waals surface area contributed by atoms with Crippen LogP contribution in [-0.2, 0) is 0 Å². The van der Waals surface area contributed by atoms with E-state index in [2.05, 4.69) is 23.8 Å². The van der Waals surface area contributed by atoms with Crippen LogP contribution in [0.3, 0.4) is 0 Å². The fraction of sp³-hybridized carbons (Fsp3) is 0.286. The molecule has 6 heteroatoms. The van der Waals surface area contributed by atoms with Gasteiger partial charge in [0.15, 0.2) is 0 Å². The molecule has 2 aromatic rings. The molecule has 0 aliphatic carbocycles. The highest BCUT2D eigenvalue weighted by atomic mass is 35.5. The van der Waals surface area contributed by atoms with Crippen molar-refractivity contribution in [3.63, 3.8) is 0 Å². The summed E-state index contributed by atoms with van der Waals surface area (Å²) in [5.41, 5.74) is 6.40. The molecule has 2 heterocycles. The Morgan fingerprint density at radius 3 is 2.65 bits per heavy atom. The van der Waals surface area contributed by atoms with Crippen molar-refractivity contribution in [1.82, 2.24) is 9.97 Å². The molecule has 0 aromatic carbocycles. The molecule has 0 fully saturated rings. The molecule has 0 saturated carbocycles. The standard InChI is InChI=1S/C14H16ClN3OS/c1-9(2)8-19-14-11(16)4-6-13(18-14)20-12-5-3-10(15)7-17-12/h3-7,9H,8,16H2,1-2H3. The number of hydrogen-bond donors (Lipinski definition) is 1. The Labute approximate surface area is 127 Å². The lowest BCUT2D eigenvalue weighted by Crippen LogP contribution is -2.07. The first-order valence-corrected chi connectivity index (χ1v) is 7.43. The largest absolute Gasteiger partial charge is 0.476 e. The van der Waals surface area contributed by atoms with Gasteiger partial charge in [0.1, 0.15) is 10.1 Å². The molecular weight excluding hydrogens is 294 g/mol. The van der Waals surface area contributed by atoms with Crippen molar-refractivity contribution >= 4 is 29.1 Å². The maximum Gasteiger partial charge on any atom is 0.238 e. The van der Waals surface area contributed by atoms with Crippen LogP contribution in [-0.4, -0.2) is 16.6 Å². The third-order valence-electron chi connectivity index (χ3n) is 2.33. The lowest BCUT2D eigenvalue weighted by Gasteiger charge is -2.10. The Kier molecular flexibility index (Phi) is 5.09. The molecule has 106 valence electrons. The van der Waals surface area contributed by atoms with Gasteiger partial charge in [0.05, 0.1) is 17.3 Å². The Bertz CT molecular complexity index is 575. The second-order valence-corrected chi connectivity index (χ2v) is 6.14. The number of nitrogen functional groups attached to an aromatic ring is 1. The molecule has 0 saturated heterocycles. The summed E-state index contributed by atoms with van der Waals surface area (Å²) in [7, 11) is 0. The Hall–Kier alpha value is -1.46. The molecule has 0 aliphatic rings. The molecule has 4 nitrogen and oxygen atoms in total. The van der Waals surface area contributed by atoms with Gasteiger partial charge in [-0.25, -0.2) is 9.97 Å². The van der Waals surface area contributed by atoms with Gasteiger partial charge in [0.2, 0.25) is 5.88 Å². The third kappa shape index (κ3) is 4.28. The van der Waals surface area contributed by atoms with E-state index in [0.717, 1.165) is 10.1 Å². The first kappa shape index (κ1) is 14.9. The van der Waals surface area contributed by atoms with E-state index in [1.165, 1.54) is 11.8 Å². The average Bonchev–Trinajstić information content (AvgIpc) is 2.42. The second-order valence-electron chi connectivity index (χ2n) is 4.67. The summed E-state index contributed by atoms with van der Waals surface area (Å²) in [6, 6.07) is 7.28. The molecule has 20 heavy (non-hydrogen) atoms. The fourth-order valence-corrected chi connectivity index (χ4v) is 2.21. The van der Waals surface area contributed by atoms with Crippen LogP contribution >= 0.6 is 23.4 Å². The van der Waals surface area contributed by atoms with Gasteiger partial charge in [0, 0.05) is 6.20 Å². The monoisotopic (exact) mass is 309 g/mol. The van der Waals surface area contributed by atoms with Crippen LogP contribution in [0.5, 0.6) is 5.88 Å². The van der Waals surface area contributed by atoms with Crippen molar-refractivity contribution in [1.29, 1.82) is 0 Å². The first-order chi connectivity index (χ1) is 9.54. The van der Waals surface area contributed by atoms with E-state index in [1.54, 1.807) is 18.3 Å². The number of anilines is 1. The number of pyridine rings is 2. The summed E-state index contributed by atoms with van der Waals surface area (Å²) in [6.45, 7) is 4.74. The van der Waals surface area contributed by atoms with Crippen molar-refractivity contribution in [3.8, 4) is 5.88 Å². The minimum absolute atomic E-state index is 0.422. The maximum absolute atomic E-state index is 5.86. The smallest absolute Gasteiger partial charge is 0.238 e. The summed E-state index contributed by atoms with van der Waals surface area (Å²) >= 11 is 7.24. The highest BCUT2D eigenvalue weighted by Gasteiger charge is 2.07. The zero-order valence-corrected chi connectivity index (χ0v) is 12.9. The highest BCUT2D eigenvalue weighted by Crippen LogP contribution is 2.29. The number of ether oxygens (including phenoxy) is 1. The molecular formula is C14H16ClN3OS. The van der Waals surface area contributed by atoms with Crippen LogP contribution in [0.25, 0.3) is 0 Å². The molecule has 0 aliphatic heterocycles. The van der Waals surface area contributed by atoms with E-state index >= 15 is 0 Å². The summed E-state index contributed by atoms with van der Waals surface area (Å²) in [5.74, 6) is 0.892. The maximum atomic E-state index is 5.86. The zero-order valence-electron chi connectivity index (χ0n) is 11.3. The summed E-state index contributed by atoms with van der Waals surface area (Å²) < 4.78 is 5.60. The van der Waals surface area contributed by atoms with Gasteiger partial charge >= 0.3 is 0 Å². The SMILES string of the molecule is CC(C)COc1nc(Sc2ccc(Cl)cn2)ccc1N. The van der Waals surface area contributed by atoms with Gasteiger partial charge in [-0.15, -0.1) is 0 Å². The van der Waals surface area contributed by atoms with E-state index in [0.29, 0.717) is 29.1 Å². The molecule has 0 amide bonds. The molecule has 0 radical (unpaired) electrons. The second kappa shape index (κ2) is 6.81. The lowest BCUT2D eigenvalue weighted by molar-refractivity contribution is 0.261. The number of rotatable bonds is 5. The van der Waals surface area contributed by atoms with Gasteiger partial charge in [0.25, 0.3) is 0 Å². The highest BCUT2D eigenvalue weighted by molar-refractivity contribution is 7.99. The molecule has 2 rings (SSSR count). The topological polar surface area (TPSA) is 61.0 Å². The van der Waals surface area contributed by atoms with Gasteiger partial charge in [-0.3, -0.25) is 0 Å². The summed E-state index contributed by atoms with van der Waals surface area (Å²) in [6.07, 6.45) is 1.61. The Morgan fingerprint density at radius 1 is 1.25 bits per heavy atom. The Morgan fingerprint density at radius 2 is 2.00 bits per heavy atom. The minimum Gasteiger partial charge on any atom is -0.476 e. The average molecular weight is 310 g/mol. The van der Waals surface area contributed by atoms with E-state index < -0.39 is 0 Å². The molecule has 0 unspecified atom stereocenters. The summed E-state index contributed by atoms with van der Waals surface area (Å²) in [4.78, 5) is 8.62. The van der Waals surface area contributed by atoms with Crippen LogP contribution in [0.2, 0.25) is 5.02 Å². The van der Waals surface area contributed by atoms with Crippen LogP contribution in [0.15, 0.2) is 40.5 Å². The first-order valence-electron chi connectivity index (χ1n) is 6.23.